The SMILES string of the molecule is O=S(=O)(Nc1ncccn1)c1ccc(Nc2ccnc3cc(C(F)(F)F)ccc23)cc1. The minimum atomic E-state index is -4.46. The number of nitrogens with one attached hydrogen (secondary N) is 2. The number of sulfonamides is 1. The average molecular weight is 445 g/mol. The van der Waals surface area contributed by atoms with E-state index in [0.717, 1.165) is 12.1 Å². The van der Waals surface area contributed by atoms with Gasteiger partial charge in [0.05, 0.1) is 16.0 Å². The van der Waals surface area contributed by atoms with E-state index < -0.39 is 21.8 Å². The average Bonchev–Trinajstić information content (AvgIpc) is 2.74. The van der Waals surface area contributed by atoms with Crippen LogP contribution in [0.25, 0.3) is 10.9 Å². The number of alkyl halides is 3. The first-order chi connectivity index (χ1) is 14.7. The third-order valence-corrected chi connectivity index (χ3v) is 5.65. The maximum absolute atomic E-state index is 12.9. The molecule has 0 unspecified atom stereocenters. The Balaban J connectivity index is 1.57. The minimum absolute atomic E-state index is 0.0000848. The van der Waals surface area contributed by atoms with Gasteiger partial charge in [0.2, 0.25) is 5.95 Å². The zero-order valence-electron chi connectivity index (χ0n) is 15.6. The van der Waals surface area contributed by atoms with Crippen molar-refractivity contribution in [2.75, 3.05) is 10.0 Å². The molecule has 2 aromatic heterocycles. The van der Waals surface area contributed by atoms with E-state index in [1.807, 2.05) is 0 Å². The molecule has 7 nitrogen and oxygen atoms in total. The Morgan fingerprint density at radius 2 is 1.55 bits per heavy atom. The van der Waals surface area contributed by atoms with Crippen molar-refractivity contribution in [2.45, 2.75) is 11.1 Å². The molecule has 0 bridgehead atoms. The molecule has 2 N–H and O–H groups in total. The van der Waals surface area contributed by atoms with E-state index in [-0.39, 0.29) is 16.4 Å². The van der Waals surface area contributed by atoms with E-state index in [0.29, 0.717) is 16.8 Å². The zero-order chi connectivity index (χ0) is 22.1. The van der Waals surface area contributed by atoms with Crippen LogP contribution in [0.3, 0.4) is 0 Å². The van der Waals surface area contributed by atoms with Crippen LogP contribution in [-0.4, -0.2) is 23.4 Å². The standard InChI is InChI=1S/C20H14F3N5O2S/c21-20(22,23)13-2-7-16-17(8-11-24-18(16)12-13)27-14-3-5-15(6-4-14)31(29,30)28-19-25-9-1-10-26-19/h1-12H,(H,24,27)(H,25,26,28). The van der Waals surface area contributed by atoms with Gasteiger partial charge in [-0.2, -0.15) is 13.2 Å². The van der Waals surface area contributed by atoms with Gasteiger partial charge in [-0.15, -0.1) is 0 Å². The summed E-state index contributed by atoms with van der Waals surface area (Å²) >= 11 is 0. The molecule has 0 amide bonds. The van der Waals surface area contributed by atoms with Crippen LogP contribution in [0.5, 0.6) is 0 Å². The summed E-state index contributed by atoms with van der Waals surface area (Å²) in [4.78, 5) is 11.7. The maximum Gasteiger partial charge on any atom is 0.416 e. The van der Waals surface area contributed by atoms with Gasteiger partial charge in [0.15, 0.2) is 0 Å². The molecule has 0 atom stereocenters. The Kier molecular flexibility index (Phi) is 5.19. The van der Waals surface area contributed by atoms with Gasteiger partial charge in [-0.3, -0.25) is 4.98 Å². The molecular formula is C20H14F3N5O2S. The maximum atomic E-state index is 12.9. The van der Waals surface area contributed by atoms with Crippen molar-refractivity contribution in [1.29, 1.82) is 0 Å². The smallest absolute Gasteiger partial charge is 0.355 e. The fourth-order valence-corrected chi connectivity index (χ4v) is 3.80. The Morgan fingerprint density at radius 1 is 0.839 bits per heavy atom. The molecule has 4 rings (SSSR count). The number of rotatable bonds is 5. The van der Waals surface area contributed by atoms with Gasteiger partial charge in [-0.25, -0.2) is 23.1 Å². The highest BCUT2D eigenvalue weighted by atomic mass is 32.2. The van der Waals surface area contributed by atoms with Crippen LogP contribution in [0.2, 0.25) is 0 Å². The predicted octanol–water partition coefficient (Wildman–Crippen LogP) is 4.59. The Labute approximate surface area is 175 Å². The highest BCUT2D eigenvalue weighted by Gasteiger charge is 2.30. The summed E-state index contributed by atoms with van der Waals surface area (Å²) in [6, 6.07) is 12.3. The molecule has 31 heavy (non-hydrogen) atoms. The third-order valence-electron chi connectivity index (χ3n) is 4.31. The zero-order valence-corrected chi connectivity index (χ0v) is 16.4. The lowest BCUT2D eigenvalue weighted by Crippen LogP contribution is -2.14. The Morgan fingerprint density at radius 3 is 2.23 bits per heavy atom. The summed E-state index contributed by atoms with van der Waals surface area (Å²) < 4.78 is 66.0. The van der Waals surface area contributed by atoms with Crippen LogP contribution in [0, 0.1) is 0 Å². The second-order valence-electron chi connectivity index (χ2n) is 6.42. The quantitative estimate of drug-likeness (QED) is 0.467. The summed E-state index contributed by atoms with van der Waals surface area (Å²) in [6.07, 6.45) is -0.240. The number of benzene rings is 2. The monoisotopic (exact) mass is 445 g/mol. The molecule has 158 valence electrons. The lowest BCUT2D eigenvalue weighted by atomic mass is 10.1. The van der Waals surface area contributed by atoms with Gasteiger partial charge in [0.1, 0.15) is 0 Å². The van der Waals surface area contributed by atoms with Crippen molar-refractivity contribution in [3.8, 4) is 0 Å². The fourth-order valence-electron chi connectivity index (χ4n) is 2.84. The van der Waals surface area contributed by atoms with Gasteiger partial charge >= 0.3 is 6.18 Å². The van der Waals surface area contributed by atoms with E-state index in [2.05, 4.69) is 25.0 Å². The van der Waals surface area contributed by atoms with Crippen LogP contribution in [0.1, 0.15) is 5.56 Å². The van der Waals surface area contributed by atoms with E-state index in [1.165, 1.54) is 48.9 Å². The van der Waals surface area contributed by atoms with Crippen LogP contribution in [0.4, 0.5) is 30.5 Å². The van der Waals surface area contributed by atoms with Gasteiger partial charge in [-0.05, 0) is 48.5 Å². The molecule has 2 heterocycles. The Hall–Kier alpha value is -3.73. The number of hydrogen-bond donors (Lipinski definition) is 2. The molecule has 0 saturated carbocycles. The molecule has 0 aliphatic rings. The molecule has 0 aliphatic carbocycles. The van der Waals surface area contributed by atoms with Crippen LogP contribution in [-0.2, 0) is 16.2 Å². The first-order valence-electron chi connectivity index (χ1n) is 8.85. The fraction of sp³-hybridized carbons (Fsp3) is 0.0500. The largest absolute Gasteiger partial charge is 0.416 e. The normalized spacial score (nSPS) is 12.0. The van der Waals surface area contributed by atoms with Gasteiger partial charge in [-0.1, -0.05) is 6.07 Å². The van der Waals surface area contributed by atoms with Crippen molar-refractivity contribution in [3.63, 3.8) is 0 Å². The number of aromatic nitrogens is 3. The number of pyridine rings is 1. The first kappa shape index (κ1) is 20.5. The van der Waals surface area contributed by atoms with Crippen molar-refractivity contribution in [1.82, 2.24) is 15.0 Å². The summed E-state index contributed by atoms with van der Waals surface area (Å²) in [6.45, 7) is 0. The summed E-state index contributed by atoms with van der Waals surface area (Å²) in [5.74, 6) is -0.0498. The van der Waals surface area contributed by atoms with Crippen LogP contribution < -0.4 is 10.0 Å². The van der Waals surface area contributed by atoms with Crippen molar-refractivity contribution < 1.29 is 21.6 Å². The van der Waals surface area contributed by atoms with Gasteiger partial charge in [0.25, 0.3) is 10.0 Å². The van der Waals surface area contributed by atoms with Crippen LogP contribution in [0.15, 0.2) is 78.1 Å². The summed E-state index contributed by atoms with van der Waals surface area (Å²) in [7, 11) is -3.88. The minimum Gasteiger partial charge on any atom is -0.355 e. The molecule has 4 aromatic rings. The molecule has 2 aromatic carbocycles. The molecule has 0 spiro atoms. The van der Waals surface area contributed by atoms with E-state index in [1.54, 1.807) is 12.1 Å². The van der Waals surface area contributed by atoms with Gasteiger partial charge in [0, 0.05) is 35.4 Å². The third kappa shape index (κ3) is 4.56. The highest BCUT2D eigenvalue weighted by molar-refractivity contribution is 7.92. The number of anilines is 3. The lowest BCUT2D eigenvalue weighted by Gasteiger charge is -2.12. The molecule has 0 saturated heterocycles. The molecule has 11 heteroatoms. The number of fused-ring (bicyclic) bond motifs is 1. The lowest BCUT2D eigenvalue weighted by molar-refractivity contribution is -0.137. The van der Waals surface area contributed by atoms with Crippen molar-refractivity contribution in [2.24, 2.45) is 0 Å². The van der Waals surface area contributed by atoms with E-state index >= 15 is 0 Å². The first-order valence-corrected chi connectivity index (χ1v) is 10.3. The van der Waals surface area contributed by atoms with E-state index in [9.17, 15) is 21.6 Å². The van der Waals surface area contributed by atoms with Crippen LogP contribution >= 0.6 is 0 Å². The molecule has 0 aliphatic heterocycles. The second kappa shape index (κ2) is 7.84. The predicted molar refractivity (Wildman–Crippen MR) is 109 cm³/mol. The molecule has 0 radical (unpaired) electrons. The van der Waals surface area contributed by atoms with E-state index in [4.69, 9.17) is 0 Å². The number of nitrogens with zero attached hydrogens (tertiary/aromatic N) is 3. The molecule has 0 fully saturated rings. The van der Waals surface area contributed by atoms with Gasteiger partial charge < -0.3 is 5.32 Å². The number of hydrogen-bond acceptors (Lipinski definition) is 6. The number of halogens is 3. The summed E-state index contributed by atoms with van der Waals surface area (Å²) in [5, 5.41) is 3.57. The molecular weight excluding hydrogens is 431 g/mol. The van der Waals surface area contributed by atoms with Crippen molar-refractivity contribution >= 4 is 38.2 Å². The Bertz CT molecular complexity index is 1330. The second-order valence-corrected chi connectivity index (χ2v) is 8.10. The summed E-state index contributed by atoms with van der Waals surface area (Å²) in [5.41, 5.74) is 0.479. The topological polar surface area (TPSA) is 96.9 Å². The van der Waals surface area contributed by atoms with Crippen molar-refractivity contribution in [3.05, 3.63) is 78.8 Å². The highest BCUT2D eigenvalue weighted by Crippen LogP contribution is 2.33.